The van der Waals surface area contributed by atoms with Crippen LogP contribution in [0.1, 0.15) is 32.1 Å². The van der Waals surface area contributed by atoms with Gasteiger partial charge in [-0.2, -0.15) is 0 Å². The van der Waals surface area contributed by atoms with E-state index in [1.807, 2.05) is 18.2 Å². The fourth-order valence-corrected chi connectivity index (χ4v) is 3.79. The van der Waals surface area contributed by atoms with Gasteiger partial charge in [-0.3, -0.25) is 4.79 Å². The number of nitrogens with one attached hydrogen (secondary N) is 1. The predicted octanol–water partition coefficient (Wildman–Crippen LogP) is 2.37. The molecule has 0 unspecified atom stereocenters. The van der Waals surface area contributed by atoms with Gasteiger partial charge in [0.1, 0.15) is 0 Å². The first-order chi connectivity index (χ1) is 12.1. The number of carbonyl (C=O) groups is 1. The van der Waals surface area contributed by atoms with Gasteiger partial charge >= 0.3 is 0 Å². The number of anilines is 1. The quantitative estimate of drug-likeness (QED) is 0.836. The van der Waals surface area contributed by atoms with Gasteiger partial charge < -0.3 is 14.8 Å². The highest BCUT2D eigenvalue weighted by Gasteiger charge is 2.42. The first kappa shape index (κ1) is 16.2. The maximum absolute atomic E-state index is 12.1. The fraction of sp³-hybridized carbons (Fsp3) is 0.500. The Morgan fingerprint density at radius 2 is 2.08 bits per heavy atom. The van der Waals surface area contributed by atoms with Crippen LogP contribution in [0.4, 0.5) is 5.69 Å². The normalized spacial score (nSPS) is 17.6. The third-order valence-corrected chi connectivity index (χ3v) is 5.36. The van der Waals surface area contributed by atoms with Crippen LogP contribution in [0.5, 0.6) is 11.5 Å². The zero-order valence-corrected chi connectivity index (χ0v) is 14.7. The number of aromatic nitrogens is 4. The summed E-state index contributed by atoms with van der Waals surface area (Å²) in [5.74, 6) is 1.05. The minimum Gasteiger partial charge on any atom is -0.448 e. The molecule has 132 valence electrons. The van der Waals surface area contributed by atoms with Crippen LogP contribution in [0.25, 0.3) is 0 Å². The molecule has 0 radical (unpaired) electrons. The smallest absolute Gasteiger partial charge is 0.251 e. The van der Waals surface area contributed by atoms with E-state index in [-0.39, 0.29) is 11.7 Å². The molecule has 2 heterocycles. The monoisotopic (exact) mass is 361 g/mol. The number of nitrogens with zero attached hydrogens (tertiary/aromatic N) is 4. The number of hydrogen-bond donors (Lipinski definition) is 1. The Bertz CT molecular complexity index is 788. The van der Waals surface area contributed by atoms with Crippen LogP contribution in [-0.2, 0) is 11.8 Å². The molecule has 0 atom stereocenters. The van der Waals surface area contributed by atoms with Crippen molar-refractivity contribution in [3.8, 4) is 11.5 Å². The SMILES string of the molecule is Cn1nnnc1SCC(=O)Nc1ccc2c(c1)OC1(CCCCC1)O2. The van der Waals surface area contributed by atoms with Gasteiger partial charge in [-0.25, -0.2) is 4.68 Å². The molecule has 1 amide bonds. The summed E-state index contributed by atoms with van der Waals surface area (Å²) in [6, 6.07) is 5.51. The van der Waals surface area contributed by atoms with Crippen molar-refractivity contribution >= 4 is 23.4 Å². The molecule has 1 aliphatic carbocycles. The number of aryl methyl sites for hydroxylation is 1. The maximum Gasteiger partial charge on any atom is 0.251 e. The predicted molar refractivity (Wildman–Crippen MR) is 91.7 cm³/mol. The Morgan fingerprint density at radius 1 is 1.28 bits per heavy atom. The molecule has 2 aromatic rings. The Labute approximate surface area is 149 Å². The highest BCUT2D eigenvalue weighted by Crippen LogP contribution is 2.46. The fourth-order valence-electron chi connectivity index (χ4n) is 3.14. The van der Waals surface area contributed by atoms with Crippen molar-refractivity contribution in [1.29, 1.82) is 0 Å². The summed E-state index contributed by atoms with van der Waals surface area (Å²) >= 11 is 1.28. The zero-order valence-electron chi connectivity index (χ0n) is 13.9. The van der Waals surface area contributed by atoms with E-state index in [9.17, 15) is 4.79 Å². The number of fused-ring (bicyclic) bond motifs is 1. The molecule has 1 N–H and O–H groups in total. The van der Waals surface area contributed by atoms with Gasteiger partial charge in [-0.15, -0.1) is 5.10 Å². The van der Waals surface area contributed by atoms with Crippen molar-refractivity contribution in [2.75, 3.05) is 11.1 Å². The minimum absolute atomic E-state index is 0.126. The van der Waals surface area contributed by atoms with E-state index >= 15 is 0 Å². The van der Waals surface area contributed by atoms with Crippen LogP contribution in [-0.4, -0.2) is 37.7 Å². The van der Waals surface area contributed by atoms with E-state index in [4.69, 9.17) is 9.47 Å². The Balaban J connectivity index is 1.37. The van der Waals surface area contributed by atoms with Crippen LogP contribution in [0, 0.1) is 0 Å². The molecular weight excluding hydrogens is 342 g/mol. The van der Waals surface area contributed by atoms with Gasteiger partial charge in [0.25, 0.3) is 5.79 Å². The average Bonchev–Trinajstić information content (AvgIpc) is 3.16. The molecule has 4 rings (SSSR count). The topological polar surface area (TPSA) is 91.2 Å². The van der Waals surface area contributed by atoms with Crippen LogP contribution >= 0.6 is 11.8 Å². The van der Waals surface area contributed by atoms with Crippen LogP contribution in [0.3, 0.4) is 0 Å². The summed E-state index contributed by atoms with van der Waals surface area (Å²) in [6.07, 6.45) is 5.28. The third-order valence-electron chi connectivity index (χ3n) is 4.35. The molecule has 2 aliphatic rings. The number of ether oxygens (including phenoxy) is 2. The molecule has 0 bridgehead atoms. The van der Waals surface area contributed by atoms with Crippen LogP contribution < -0.4 is 14.8 Å². The molecular formula is C16H19N5O3S. The van der Waals surface area contributed by atoms with E-state index < -0.39 is 5.79 Å². The van der Waals surface area contributed by atoms with Crippen LogP contribution in [0.2, 0.25) is 0 Å². The van der Waals surface area contributed by atoms with Crippen molar-refractivity contribution < 1.29 is 14.3 Å². The van der Waals surface area contributed by atoms with Crippen LogP contribution in [0.15, 0.2) is 23.4 Å². The van der Waals surface area contributed by atoms with E-state index in [0.717, 1.165) is 31.4 Å². The van der Waals surface area contributed by atoms with Crippen molar-refractivity contribution in [3.05, 3.63) is 18.2 Å². The van der Waals surface area contributed by atoms with Gasteiger partial charge in [0.15, 0.2) is 11.5 Å². The summed E-state index contributed by atoms with van der Waals surface area (Å²) in [6.45, 7) is 0. The minimum atomic E-state index is -0.503. The highest BCUT2D eigenvalue weighted by molar-refractivity contribution is 7.99. The van der Waals surface area contributed by atoms with Crippen molar-refractivity contribution in [2.24, 2.45) is 7.05 Å². The summed E-state index contributed by atoms with van der Waals surface area (Å²) in [4.78, 5) is 12.1. The number of thioether (sulfide) groups is 1. The molecule has 1 aromatic carbocycles. The standard InChI is InChI=1S/C16H19N5O3S/c1-21-15(18-19-20-21)25-10-14(22)17-11-5-6-12-13(9-11)24-16(23-12)7-3-2-4-8-16/h5-6,9H,2-4,7-8,10H2,1H3,(H,17,22). The molecule has 1 fully saturated rings. The first-order valence-corrected chi connectivity index (χ1v) is 9.29. The third kappa shape index (κ3) is 3.41. The Morgan fingerprint density at radius 3 is 2.84 bits per heavy atom. The van der Waals surface area contributed by atoms with Gasteiger partial charge in [-0.05, 0) is 35.4 Å². The molecule has 25 heavy (non-hydrogen) atoms. The highest BCUT2D eigenvalue weighted by atomic mass is 32.2. The van der Waals surface area contributed by atoms with Crippen molar-refractivity contribution in [2.45, 2.75) is 43.0 Å². The summed E-state index contributed by atoms with van der Waals surface area (Å²) in [5.41, 5.74) is 0.692. The number of amides is 1. The lowest BCUT2D eigenvalue weighted by Gasteiger charge is -2.31. The molecule has 0 saturated heterocycles. The van der Waals surface area contributed by atoms with Crippen molar-refractivity contribution in [3.63, 3.8) is 0 Å². The molecule has 1 spiro atoms. The summed E-state index contributed by atoms with van der Waals surface area (Å²) in [5, 5.41) is 14.6. The number of carbonyl (C=O) groups excluding carboxylic acids is 1. The Hall–Kier alpha value is -2.29. The second-order valence-electron chi connectivity index (χ2n) is 6.26. The second-order valence-corrected chi connectivity index (χ2v) is 7.20. The number of benzene rings is 1. The van der Waals surface area contributed by atoms with Gasteiger partial charge in [0.05, 0.1) is 5.75 Å². The average molecular weight is 361 g/mol. The van der Waals surface area contributed by atoms with Gasteiger partial charge in [0, 0.05) is 31.6 Å². The first-order valence-electron chi connectivity index (χ1n) is 8.31. The lowest BCUT2D eigenvalue weighted by atomic mass is 9.94. The van der Waals surface area contributed by atoms with E-state index in [2.05, 4.69) is 20.8 Å². The lowest BCUT2D eigenvalue weighted by molar-refractivity contribution is -0.113. The largest absolute Gasteiger partial charge is 0.448 e. The molecule has 1 aromatic heterocycles. The van der Waals surface area contributed by atoms with Gasteiger partial charge in [-0.1, -0.05) is 18.2 Å². The van der Waals surface area contributed by atoms with E-state index in [0.29, 0.717) is 16.6 Å². The summed E-state index contributed by atoms with van der Waals surface area (Å²) < 4.78 is 13.7. The molecule has 1 aliphatic heterocycles. The molecule has 9 heteroatoms. The number of hydrogen-bond acceptors (Lipinski definition) is 7. The molecule has 8 nitrogen and oxygen atoms in total. The Kier molecular flexibility index (Phi) is 4.24. The van der Waals surface area contributed by atoms with E-state index in [1.165, 1.54) is 22.9 Å². The molecule has 1 saturated carbocycles. The number of rotatable bonds is 4. The summed E-state index contributed by atoms with van der Waals surface area (Å²) in [7, 11) is 1.74. The second kappa shape index (κ2) is 6.55. The van der Waals surface area contributed by atoms with Gasteiger partial charge in [0.2, 0.25) is 11.1 Å². The zero-order chi connectivity index (χ0) is 17.3. The van der Waals surface area contributed by atoms with Crippen molar-refractivity contribution in [1.82, 2.24) is 20.2 Å². The maximum atomic E-state index is 12.1. The lowest BCUT2D eigenvalue weighted by Crippen LogP contribution is -2.40. The van der Waals surface area contributed by atoms with E-state index in [1.54, 1.807) is 7.05 Å². The number of tetrazole rings is 1.